The topological polar surface area (TPSA) is 78.7 Å². The zero-order valence-corrected chi connectivity index (χ0v) is 10.3. The molecule has 6 nitrogen and oxygen atoms in total. The number of ether oxygens (including phenoxy) is 1. The quantitative estimate of drug-likeness (QED) is 0.259. The molecule has 0 aliphatic rings. The Balaban J connectivity index is 0. The summed E-state index contributed by atoms with van der Waals surface area (Å²) in [6.07, 6.45) is 0. The van der Waals surface area contributed by atoms with Crippen molar-refractivity contribution in [1.82, 2.24) is 0 Å². The van der Waals surface area contributed by atoms with Crippen LogP contribution in [0, 0.1) is 10.1 Å². The molecule has 0 saturated heterocycles. The summed E-state index contributed by atoms with van der Waals surface area (Å²) in [6.45, 7) is 0. The third-order valence-electron chi connectivity index (χ3n) is 1.47. The average molecular weight is 221 g/mol. The van der Waals surface area contributed by atoms with Gasteiger partial charge in [0.1, 0.15) is 5.75 Å². The minimum Gasteiger partial charge on any atom is -1.00 e. The summed E-state index contributed by atoms with van der Waals surface area (Å²) in [5, 5.41) is 9.08. The van der Waals surface area contributed by atoms with E-state index in [0.717, 1.165) is 0 Å². The van der Waals surface area contributed by atoms with Gasteiger partial charge in [0, 0.05) is 0 Å². The number of hydrogen-bond acceptors (Lipinski definition) is 5. The molecule has 0 aliphatic heterocycles. The van der Waals surface area contributed by atoms with Crippen molar-refractivity contribution in [3.05, 3.63) is 39.9 Å². The molecule has 1 aromatic carbocycles. The fourth-order valence-electron chi connectivity index (χ4n) is 0.905. The van der Waals surface area contributed by atoms with Gasteiger partial charge in [-0.2, -0.15) is 0 Å². The number of methoxy groups -OCH3 is 1. The number of benzene rings is 1. The summed E-state index contributed by atoms with van der Waals surface area (Å²) in [6, 6.07) is 5.77. The van der Waals surface area contributed by atoms with Crippen LogP contribution in [0.25, 0.3) is 0 Å². The van der Waals surface area contributed by atoms with Crippen molar-refractivity contribution in [2.24, 2.45) is 0 Å². The molecule has 7 heteroatoms. The van der Waals surface area contributed by atoms with E-state index in [2.05, 4.69) is 9.57 Å². The summed E-state index contributed by atoms with van der Waals surface area (Å²) in [7, 11) is 1.19. The third-order valence-corrected chi connectivity index (χ3v) is 1.47. The van der Waals surface area contributed by atoms with Crippen molar-refractivity contribution < 1.29 is 50.4 Å². The Morgan fingerprint density at radius 3 is 2.60 bits per heavy atom. The molecule has 1 rings (SSSR count). The minimum absolute atomic E-state index is 0. The number of carbonyl (C=O) groups is 1. The molecule has 0 radical (unpaired) electrons. The van der Waals surface area contributed by atoms with Gasteiger partial charge in [-0.05, 0) is 12.1 Å². The van der Waals surface area contributed by atoms with Crippen LogP contribution < -0.4 is 34.4 Å². The second-order valence-electron chi connectivity index (χ2n) is 2.30. The Hall–Kier alpha value is -1.11. The fraction of sp³-hybridized carbons (Fsp3) is 0.125. The second-order valence-corrected chi connectivity index (χ2v) is 2.30. The number of esters is 1. The van der Waals surface area contributed by atoms with E-state index in [1.165, 1.54) is 25.3 Å². The van der Waals surface area contributed by atoms with Crippen LogP contribution in [0.3, 0.4) is 0 Å². The van der Waals surface area contributed by atoms with Crippen LogP contribution in [-0.4, -0.2) is 18.2 Å². The molecule has 0 aliphatic carbocycles. The minimum atomic E-state index is -0.984. The summed E-state index contributed by atoms with van der Waals surface area (Å²) < 4.78 is 4.42. The van der Waals surface area contributed by atoms with Crippen molar-refractivity contribution in [1.29, 1.82) is 0 Å². The maximum Gasteiger partial charge on any atom is 1.00 e. The van der Waals surface area contributed by atoms with Gasteiger partial charge in [-0.15, -0.1) is 10.1 Å². The number of rotatable bonds is 3. The van der Waals surface area contributed by atoms with E-state index in [1.807, 2.05) is 0 Å². The van der Waals surface area contributed by atoms with Gasteiger partial charge >= 0.3 is 35.5 Å². The molecular weight excluding hydrogens is 213 g/mol. The van der Waals surface area contributed by atoms with Gasteiger partial charge in [0.05, 0.1) is 12.7 Å². The Morgan fingerprint density at radius 2 is 2.07 bits per heavy atom. The number of nitrogens with zero attached hydrogens (tertiary/aromatic N) is 1. The molecule has 0 fully saturated rings. The standard InChI is InChI=1S/C8H7NO5.Na.H/c1-13-8(10)6-4-2-3-5-7(6)14-9(11)12;;/h2-5H,1H3;;/q;+1;-1. The number of carbonyl (C=O) groups excluding carboxylic acids is 1. The second kappa shape index (κ2) is 6.39. The van der Waals surface area contributed by atoms with Crippen molar-refractivity contribution in [2.75, 3.05) is 7.11 Å². The maximum atomic E-state index is 11.1. The predicted octanol–water partition coefficient (Wildman–Crippen LogP) is -1.84. The van der Waals surface area contributed by atoms with Crippen molar-refractivity contribution in [2.45, 2.75) is 0 Å². The Kier molecular flexibility index (Phi) is 5.92. The van der Waals surface area contributed by atoms with E-state index >= 15 is 0 Å². The van der Waals surface area contributed by atoms with Gasteiger partial charge in [-0.25, -0.2) is 4.79 Å². The molecular formula is C8H8NNaO5. The molecule has 0 saturated carbocycles. The number of hydrogen-bond donors (Lipinski definition) is 0. The summed E-state index contributed by atoms with van der Waals surface area (Å²) in [4.78, 5) is 25.3. The summed E-state index contributed by atoms with van der Waals surface area (Å²) in [5.41, 5.74) is 0.0201. The van der Waals surface area contributed by atoms with E-state index in [0.29, 0.717) is 0 Å². The molecule has 0 amide bonds. The first-order valence-corrected chi connectivity index (χ1v) is 3.65. The third kappa shape index (κ3) is 3.86. The van der Waals surface area contributed by atoms with E-state index < -0.39 is 11.1 Å². The van der Waals surface area contributed by atoms with Gasteiger partial charge in [0.2, 0.25) is 0 Å². The molecule has 0 atom stereocenters. The number of para-hydroxylation sites is 1. The van der Waals surface area contributed by atoms with Gasteiger partial charge in [-0.3, -0.25) is 4.84 Å². The largest absolute Gasteiger partial charge is 1.00 e. The molecule has 0 heterocycles. The normalized spacial score (nSPS) is 8.60. The first-order chi connectivity index (χ1) is 6.65. The average Bonchev–Trinajstić information content (AvgIpc) is 2.16. The maximum absolute atomic E-state index is 11.1. The van der Waals surface area contributed by atoms with Gasteiger partial charge in [0.15, 0.2) is 0 Å². The Labute approximate surface area is 109 Å². The van der Waals surface area contributed by atoms with Gasteiger partial charge in [0.25, 0.3) is 5.09 Å². The zero-order valence-electron chi connectivity index (χ0n) is 9.30. The molecule has 76 valence electrons. The molecule has 0 bridgehead atoms. The molecule has 0 unspecified atom stereocenters. The van der Waals surface area contributed by atoms with Crippen molar-refractivity contribution in [3.63, 3.8) is 0 Å². The van der Waals surface area contributed by atoms with Gasteiger partial charge in [-0.1, -0.05) is 12.1 Å². The molecule has 0 spiro atoms. The Bertz CT molecular complexity index is 373. The van der Waals surface area contributed by atoms with Crippen molar-refractivity contribution in [3.8, 4) is 5.75 Å². The van der Waals surface area contributed by atoms with E-state index in [9.17, 15) is 14.9 Å². The summed E-state index contributed by atoms with van der Waals surface area (Å²) in [5.74, 6) is -0.813. The van der Waals surface area contributed by atoms with Crippen LogP contribution in [0.1, 0.15) is 11.8 Å². The predicted molar refractivity (Wildman–Crippen MR) is 46.5 cm³/mol. The Morgan fingerprint density at radius 1 is 1.47 bits per heavy atom. The monoisotopic (exact) mass is 221 g/mol. The van der Waals surface area contributed by atoms with E-state index in [-0.39, 0.29) is 42.3 Å². The first-order valence-electron chi connectivity index (χ1n) is 3.65. The molecule has 0 N–H and O–H groups in total. The van der Waals surface area contributed by atoms with Crippen LogP contribution >= 0.6 is 0 Å². The van der Waals surface area contributed by atoms with Crippen LogP contribution in [0.2, 0.25) is 0 Å². The van der Waals surface area contributed by atoms with Crippen LogP contribution in [0.5, 0.6) is 5.75 Å². The SMILES string of the molecule is COC(=O)c1ccccc1O[N+](=O)[O-].[H-].[Na+]. The fourth-order valence-corrected chi connectivity index (χ4v) is 0.905. The zero-order chi connectivity index (χ0) is 10.6. The molecule has 0 aromatic heterocycles. The van der Waals surface area contributed by atoms with Gasteiger partial charge < -0.3 is 6.16 Å². The molecule has 1 aromatic rings. The van der Waals surface area contributed by atoms with Crippen LogP contribution in [0.15, 0.2) is 24.3 Å². The van der Waals surface area contributed by atoms with Crippen LogP contribution in [0.4, 0.5) is 0 Å². The summed E-state index contributed by atoms with van der Waals surface area (Å²) >= 11 is 0. The van der Waals surface area contributed by atoms with E-state index in [1.54, 1.807) is 6.07 Å². The van der Waals surface area contributed by atoms with E-state index in [4.69, 9.17) is 0 Å². The first kappa shape index (κ1) is 13.9. The smallest absolute Gasteiger partial charge is 1.00 e. The molecule has 15 heavy (non-hydrogen) atoms. The van der Waals surface area contributed by atoms with Crippen LogP contribution in [-0.2, 0) is 4.74 Å². The van der Waals surface area contributed by atoms with Crippen molar-refractivity contribution >= 4 is 5.97 Å².